The molecule has 0 aliphatic rings. The lowest BCUT2D eigenvalue weighted by molar-refractivity contribution is 1.12. The van der Waals surface area contributed by atoms with Crippen LogP contribution < -0.4 is 11.1 Å². The van der Waals surface area contributed by atoms with Crippen LogP contribution in [-0.4, -0.2) is 9.97 Å². The van der Waals surface area contributed by atoms with Gasteiger partial charge in [0.25, 0.3) is 0 Å². The van der Waals surface area contributed by atoms with Crippen LogP contribution in [0, 0.1) is 18.3 Å². The normalized spacial score (nSPS) is 9.88. The third-order valence-corrected chi connectivity index (χ3v) is 3.06. The Bertz CT molecular complexity index is 569. The molecule has 5 nitrogen and oxygen atoms in total. The van der Waals surface area contributed by atoms with E-state index in [9.17, 15) is 0 Å². The Kier molecular flexibility index (Phi) is 3.21. The van der Waals surface area contributed by atoms with Crippen molar-refractivity contribution < 1.29 is 0 Å². The summed E-state index contributed by atoms with van der Waals surface area (Å²) in [6, 6.07) is 5.38. The van der Waals surface area contributed by atoms with Crippen LogP contribution in [0.25, 0.3) is 0 Å². The molecule has 0 fully saturated rings. The maximum Gasteiger partial charge on any atom is 0.165 e. The molecule has 3 N–H and O–H groups in total. The Morgan fingerprint density at radius 2 is 2.35 bits per heavy atom. The van der Waals surface area contributed by atoms with E-state index in [0.717, 1.165) is 9.88 Å². The van der Waals surface area contributed by atoms with E-state index < -0.39 is 0 Å². The minimum Gasteiger partial charge on any atom is -0.396 e. The molecule has 0 aliphatic carbocycles. The summed E-state index contributed by atoms with van der Waals surface area (Å²) in [6.45, 7) is 2.61. The zero-order valence-corrected chi connectivity index (χ0v) is 10.1. The van der Waals surface area contributed by atoms with E-state index in [1.807, 2.05) is 19.2 Å². The number of hydrogen-bond acceptors (Lipinski definition) is 6. The Morgan fingerprint density at radius 3 is 3.00 bits per heavy atom. The van der Waals surface area contributed by atoms with Crippen molar-refractivity contribution in [3.05, 3.63) is 33.9 Å². The molecule has 0 radical (unpaired) electrons. The molecule has 2 aromatic rings. The van der Waals surface area contributed by atoms with Gasteiger partial charge in [0.05, 0.1) is 17.2 Å². The third-order valence-electron chi connectivity index (χ3n) is 2.15. The number of anilines is 2. The van der Waals surface area contributed by atoms with Crippen LogP contribution in [-0.2, 0) is 6.54 Å². The zero-order valence-electron chi connectivity index (χ0n) is 9.27. The summed E-state index contributed by atoms with van der Waals surface area (Å²) in [5.74, 6) is 0.641. The van der Waals surface area contributed by atoms with Gasteiger partial charge in [-0.2, -0.15) is 5.26 Å². The number of thiazole rings is 1. The Morgan fingerprint density at radius 1 is 1.53 bits per heavy atom. The molecule has 2 heterocycles. The number of nitrogen functional groups attached to an aromatic ring is 1. The van der Waals surface area contributed by atoms with Gasteiger partial charge >= 0.3 is 0 Å². The van der Waals surface area contributed by atoms with Crippen molar-refractivity contribution in [3.8, 4) is 6.07 Å². The summed E-state index contributed by atoms with van der Waals surface area (Å²) >= 11 is 1.63. The van der Waals surface area contributed by atoms with Crippen LogP contribution in [0.2, 0.25) is 0 Å². The average molecular weight is 245 g/mol. The average Bonchev–Trinajstić information content (AvgIpc) is 2.74. The summed E-state index contributed by atoms with van der Waals surface area (Å²) in [4.78, 5) is 9.39. The molecule has 0 amide bonds. The van der Waals surface area contributed by atoms with Gasteiger partial charge in [-0.25, -0.2) is 9.97 Å². The van der Waals surface area contributed by atoms with Crippen LogP contribution in [0.5, 0.6) is 0 Å². The van der Waals surface area contributed by atoms with E-state index in [4.69, 9.17) is 11.0 Å². The number of nitrogens with one attached hydrogen (secondary N) is 1. The van der Waals surface area contributed by atoms with Crippen LogP contribution >= 0.6 is 11.3 Å². The predicted octanol–water partition coefficient (Wildman–Crippen LogP) is 1.91. The van der Waals surface area contributed by atoms with Crippen LogP contribution in [0.15, 0.2) is 18.3 Å². The first kappa shape index (κ1) is 11.4. The summed E-state index contributed by atoms with van der Waals surface area (Å²) in [6.07, 6.45) is 1.83. The van der Waals surface area contributed by atoms with Gasteiger partial charge in [0.15, 0.2) is 5.69 Å². The number of nitrogens with zero attached hydrogens (tertiary/aromatic N) is 3. The van der Waals surface area contributed by atoms with Gasteiger partial charge in [-0.3, -0.25) is 0 Å². The van der Waals surface area contributed by atoms with E-state index >= 15 is 0 Å². The molecular formula is C11H11N5S. The monoisotopic (exact) mass is 245 g/mol. The molecule has 17 heavy (non-hydrogen) atoms. The smallest absolute Gasteiger partial charge is 0.165 e. The molecule has 2 aromatic heterocycles. The van der Waals surface area contributed by atoms with Crippen molar-refractivity contribution in [3.63, 3.8) is 0 Å². The lowest BCUT2D eigenvalue weighted by Gasteiger charge is -2.04. The highest BCUT2D eigenvalue weighted by Crippen LogP contribution is 2.15. The van der Waals surface area contributed by atoms with E-state index in [2.05, 4.69) is 15.3 Å². The van der Waals surface area contributed by atoms with E-state index in [1.54, 1.807) is 23.5 Å². The SMILES string of the molecule is Cc1ncc(CNc2ccc(N)c(C#N)n2)s1. The van der Waals surface area contributed by atoms with E-state index in [1.165, 1.54) is 0 Å². The molecule has 2 rings (SSSR count). The summed E-state index contributed by atoms with van der Waals surface area (Å²) in [5, 5.41) is 13.0. The van der Waals surface area contributed by atoms with Crippen molar-refractivity contribution in [1.82, 2.24) is 9.97 Å². The Balaban J connectivity index is 2.07. The van der Waals surface area contributed by atoms with Gasteiger partial charge in [0.2, 0.25) is 0 Å². The molecule has 86 valence electrons. The van der Waals surface area contributed by atoms with E-state index in [-0.39, 0.29) is 5.69 Å². The summed E-state index contributed by atoms with van der Waals surface area (Å²) in [7, 11) is 0. The maximum absolute atomic E-state index is 8.80. The van der Waals surface area contributed by atoms with Crippen molar-refractivity contribution in [1.29, 1.82) is 5.26 Å². The molecule has 0 aliphatic heterocycles. The molecule has 0 saturated heterocycles. The van der Waals surface area contributed by atoms with Crippen molar-refractivity contribution >= 4 is 22.8 Å². The fourth-order valence-corrected chi connectivity index (χ4v) is 2.06. The Labute approximate surface area is 103 Å². The van der Waals surface area contributed by atoms with Crippen LogP contribution in [0.1, 0.15) is 15.6 Å². The first-order chi connectivity index (χ1) is 8.19. The lowest BCUT2D eigenvalue weighted by Crippen LogP contribution is -2.02. The largest absolute Gasteiger partial charge is 0.396 e. The van der Waals surface area contributed by atoms with Gasteiger partial charge in [-0.1, -0.05) is 0 Å². The molecular weight excluding hydrogens is 234 g/mol. The summed E-state index contributed by atoms with van der Waals surface area (Å²) < 4.78 is 0. The number of hydrogen-bond donors (Lipinski definition) is 2. The fraction of sp³-hybridized carbons (Fsp3) is 0.182. The number of rotatable bonds is 3. The Hall–Kier alpha value is -2.13. The first-order valence-electron chi connectivity index (χ1n) is 5.01. The molecule has 0 atom stereocenters. The van der Waals surface area contributed by atoms with E-state index in [0.29, 0.717) is 18.1 Å². The van der Waals surface area contributed by atoms with Gasteiger partial charge < -0.3 is 11.1 Å². The first-order valence-corrected chi connectivity index (χ1v) is 5.82. The van der Waals surface area contributed by atoms with Crippen molar-refractivity contribution in [2.45, 2.75) is 13.5 Å². The number of nitrogens with two attached hydrogens (primary N) is 1. The maximum atomic E-state index is 8.80. The number of nitriles is 1. The standard InChI is InChI=1S/C11H11N5S/c1-7-14-5-8(17-7)6-15-11-3-2-9(13)10(4-12)16-11/h2-3,5H,6,13H2,1H3,(H,15,16). The minimum atomic E-state index is 0.246. The highest BCUT2D eigenvalue weighted by Gasteiger charge is 2.03. The fourth-order valence-electron chi connectivity index (χ4n) is 1.32. The summed E-state index contributed by atoms with van der Waals surface area (Å²) in [5.41, 5.74) is 6.23. The molecule has 0 saturated carbocycles. The van der Waals surface area contributed by atoms with Gasteiger partial charge in [0.1, 0.15) is 11.9 Å². The van der Waals surface area contributed by atoms with Crippen molar-refractivity contribution in [2.24, 2.45) is 0 Å². The highest BCUT2D eigenvalue weighted by atomic mass is 32.1. The second kappa shape index (κ2) is 4.80. The predicted molar refractivity (Wildman–Crippen MR) is 67.5 cm³/mol. The molecule has 0 spiro atoms. The topological polar surface area (TPSA) is 87.6 Å². The third kappa shape index (κ3) is 2.71. The van der Waals surface area contributed by atoms with Gasteiger partial charge in [0, 0.05) is 11.1 Å². The number of aryl methyl sites for hydroxylation is 1. The quantitative estimate of drug-likeness (QED) is 0.862. The highest BCUT2D eigenvalue weighted by molar-refractivity contribution is 7.11. The molecule has 6 heteroatoms. The molecule has 0 bridgehead atoms. The number of pyridine rings is 1. The lowest BCUT2D eigenvalue weighted by atomic mass is 10.3. The number of aromatic nitrogens is 2. The van der Waals surface area contributed by atoms with Gasteiger partial charge in [-0.15, -0.1) is 11.3 Å². The second-order valence-electron chi connectivity index (χ2n) is 3.45. The second-order valence-corrected chi connectivity index (χ2v) is 4.76. The zero-order chi connectivity index (χ0) is 12.3. The molecule has 0 unspecified atom stereocenters. The van der Waals surface area contributed by atoms with Crippen LogP contribution in [0.3, 0.4) is 0 Å². The minimum absolute atomic E-state index is 0.246. The van der Waals surface area contributed by atoms with Gasteiger partial charge in [-0.05, 0) is 19.1 Å². The van der Waals surface area contributed by atoms with Crippen LogP contribution in [0.4, 0.5) is 11.5 Å². The molecule has 0 aromatic carbocycles. The van der Waals surface area contributed by atoms with Crippen molar-refractivity contribution in [2.75, 3.05) is 11.1 Å².